The van der Waals surface area contributed by atoms with E-state index in [1.807, 2.05) is 4.90 Å². The van der Waals surface area contributed by atoms with Crippen molar-refractivity contribution in [2.75, 3.05) is 26.2 Å². The third-order valence-electron chi connectivity index (χ3n) is 4.90. The summed E-state index contributed by atoms with van der Waals surface area (Å²) in [5.41, 5.74) is 0. The van der Waals surface area contributed by atoms with Crippen LogP contribution in [0.5, 0.6) is 0 Å². The van der Waals surface area contributed by atoms with Crippen LogP contribution in [0.3, 0.4) is 0 Å². The second-order valence-electron chi connectivity index (χ2n) is 7.05. The molecule has 1 saturated carbocycles. The van der Waals surface area contributed by atoms with Crippen molar-refractivity contribution in [3.63, 3.8) is 0 Å². The van der Waals surface area contributed by atoms with Gasteiger partial charge >= 0.3 is 6.03 Å². The van der Waals surface area contributed by atoms with Gasteiger partial charge in [-0.25, -0.2) is 4.79 Å². The molecule has 2 rings (SSSR count). The predicted octanol–water partition coefficient (Wildman–Crippen LogP) is 2.47. The fourth-order valence-electron chi connectivity index (χ4n) is 3.90. The Morgan fingerprint density at radius 1 is 1.30 bits per heavy atom. The van der Waals surface area contributed by atoms with E-state index in [0.717, 1.165) is 37.8 Å². The molecule has 0 bridgehead atoms. The first kappa shape index (κ1) is 15.6. The third-order valence-corrected chi connectivity index (χ3v) is 4.90. The molecule has 0 spiro atoms. The Balaban J connectivity index is 1.73. The number of rotatable bonds is 6. The van der Waals surface area contributed by atoms with Crippen LogP contribution in [0.25, 0.3) is 0 Å². The Morgan fingerprint density at radius 2 is 1.95 bits per heavy atom. The number of carbonyl (C=O) groups is 1. The fraction of sp³-hybridized carbons (Fsp3) is 0.938. The molecule has 2 amide bonds. The molecule has 20 heavy (non-hydrogen) atoms. The summed E-state index contributed by atoms with van der Waals surface area (Å²) in [4.78, 5) is 14.2. The van der Waals surface area contributed by atoms with Gasteiger partial charge in [-0.15, -0.1) is 0 Å². The maximum atomic E-state index is 12.2. The lowest BCUT2D eigenvalue weighted by Crippen LogP contribution is -2.41. The Morgan fingerprint density at radius 3 is 2.50 bits per heavy atom. The second-order valence-corrected chi connectivity index (χ2v) is 7.05. The van der Waals surface area contributed by atoms with Crippen molar-refractivity contribution in [2.24, 2.45) is 23.7 Å². The summed E-state index contributed by atoms with van der Waals surface area (Å²) in [6.07, 6.45) is 5.79. The molecule has 2 N–H and O–H groups in total. The largest absolute Gasteiger partial charge is 0.396 e. The van der Waals surface area contributed by atoms with E-state index in [4.69, 9.17) is 5.11 Å². The molecule has 3 atom stereocenters. The summed E-state index contributed by atoms with van der Waals surface area (Å²) >= 11 is 0. The summed E-state index contributed by atoms with van der Waals surface area (Å²) < 4.78 is 0. The number of hydrogen-bond acceptors (Lipinski definition) is 2. The third kappa shape index (κ3) is 4.11. The average molecular weight is 282 g/mol. The molecule has 0 aromatic carbocycles. The van der Waals surface area contributed by atoms with Crippen LogP contribution < -0.4 is 5.32 Å². The van der Waals surface area contributed by atoms with Gasteiger partial charge < -0.3 is 15.3 Å². The number of hydrogen-bond donors (Lipinski definition) is 2. The van der Waals surface area contributed by atoms with Crippen LogP contribution in [0.1, 0.15) is 46.0 Å². The normalized spacial score (nSPS) is 26.9. The van der Waals surface area contributed by atoms with Crippen LogP contribution in [0.2, 0.25) is 0 Å². The highest BCUT2D eigenvalue weighted by atomic mass is 16.3. The summed E-state index contributed by atoms with van der Waals surface area (Å²) in [5.74, 6) is 2.51. The monoisotopic (exact) mass is 282 g/mol. The summed E-state index contributed by atoms with van der Waals surface area (Å²) in [5, 5.41) is 12.2. The van der Waals surface area contributed by atoms with Crippen molar-refractivity contribution in [3.8, 4) is 0 Å². The van der Waals surface area contributed by atoms with Gasteiger partial charge in [0.15, 0.2) is 0 Å². The average Bonchev–Trinajstić information content (AvgIpc) is 2.95. The molecular weight excluding hydrogens is 252 g/mol. The molecule has 1 aliphatic heterocycles. The van der Waals surface area contributed by atoms with E-state index in [1.165, 1.54) is 19.3 Å². The fourth-order valence-corrected chi connectivity index (χ4v) is 3.90. The van der Waals surface area contributed by atoms with E-state index in [-0.39, 0.29) is 12.6 Å². The van der Waals surface area contributed by atoms with Crippen LogP contribution in [-0.2, 0) is 0 Å². The van der Waals surface area contributed by atoms with Crippen LogP contribution >= 0.6 is 0 Å². The van der Waals surface area contributed by atoms with Gasteiger partial charge in [0, 0.05) is 26.2 Å². The summed E-state index contributed by atoms with van der Waals surface area (Å²) in [6, 6.07) is 0.103. The molecular formula is C16H30N2O2. The minimum Gasteiger partial charge on any atom is -0.396 e. The van der Waals surface area contributed by atoms with E-state index in [0.29, 0.717) is 18.4 Å². The van der Waals surface area contributed by atoms with Crippen molar-refractivity contribution >= 4 is 6.03 Å². The number of amides is 2. The maximum Gasteiger partial charge on any atom is 0.317 e. The van der Waals surface area contributed by atoms with Gasteiger partial charge in [-0.05, 0) is 49.4 Å². The van der Waals surface area contributed by atoms with Crippen LogP contribution in [-0.4, -0.2) is 42.3 Å². The van der Waals surface area contributed by atoms with Crippen LogP contribution in [0.4, 0.5) is 4.79 Å². The first-order chi connectivity index (χ1) is 9.60. The van der Waals surface area contributed by atoms with Gasteiger partial charge in [0.05, 0.1) is 0 Å². The molecule has 2 aliphatic rings. The zero-order valence-electron chi connectivity index (χ0n) is 13.0. The van der Waals surface area contributed by atoms with Crippen molar-refractivity contribution in [3.05, 3.63) is 0 Å². The SMILES string of the molecule is CC(C)CC(CCO)CNC(=O)N1CC2CCCC2C1. The molecule has 1 saturated heterocycles. The van der Waals surface area contributed by atoms with Crippen LogP contribution in [0, 0.1) is 23.7 Å². The lowest BCUT2D eigenvalue weighted by Gasteiger charge is -2.22. The number of nitrogens with zero attached hydrogens (tertiary/aromatic N) is 1. The molecule has 0 aromatic heterocycles. The number of urea groups is 1. The second kappa shape index (κ2) is 7.30. The molecule has 4 nitrogen and oxygen atoms in total. The summed E-state index contributed by atoms with van der Waals surface area (Å²) in [7, 11) is 0. The zero-order chi connectivity index (χ0) is 14.5. The van der Waals surface area contributed by atoms with E-state index in [1.54, 1.807) is 0 Å². The van der Waals surface area contributed by atoms with E-state index in [2.05, 4.69) is 19.2 Å². The van der Waals surface area contributed by atoms with Gasteiger partial charge in [-0.1, -0.05) is 20.3 Å². The lowest BCUT2D eigenvalue weighted by atomic mass is 9.94. The highest BCUT2D eigenvalue weighted by Crippen LogP contribution is 2.37. The van der Waals surface area contributed by atoms with Gasteiger partial charge in [-0.2, -0.15) is 0 Å². The minimum atomic E-state index is 0.103. The highest BCUT2D eigenvalue weighted by molar-refractivity contribution is 5.74. The molecule has 4 heteroatoms. The Hall–Kier alpha value is -0.770. The molecule has 2 fully saturated rings. The molecule has 116 valence electrons. The predicted molar refractivity (Wildman–Crippen MR) is 80.5 cm³/mol. The first-order valence-corrected chi connectivity index (χ1v) is 8.23. The topological polar surface area (TPSA) is 52.6 Å². The van der Waals surface area contributed by atoms with Gasteiger partial charge in [0.2, 0.25) is 0 Å². The Labute approximate surface area is 122 Å². The maximum absolute atomic E-state index is 12.2. The molecule has 0 aromatic rings. The number of carbonyl (C=O) groups excluding carboxylic acids is 1. The smallest absolute Gasteiger partial charge is 0.317 e. The Kier molecular flexibility index (Phi) is 5.70. The Bertz CT molecular complexity index is 308. The lowest BCUT2D eigenvalue weighted by molar-refractivity contribution is 0.197. The molecule has 1 heterocycles. The van der Waals surface area contributed by atoms with E-state index >= 15 is 0 Å². The first-order valence-electron chi connectivity index (χ1n) is 8.23. The van der Waals surface area contributed by atoms with Crippen molar-refractivity contribution in [2.45, 2.75) is 46.0 Å². The zero-order valence-corrected chi connectivity index (χ0v) is 13.0. The minimum absolute atomic E-state index is 0.103. The summed E-state index contributed by atoms with van der Waals surface area (Å²) in [6.45, 7) is 7.18. The quantitative estimate of drug-likeness (QED) is 0.786. The highest BCUT2D eigenvalue weighted by Gasteiger charge is 2.37. The van der Waals surface area contributed by atoms with Crippen molar-refractivity contribution < 1.29 is 9.90 Å². The molecule has 1 aliphatic carbocycles. The standard InChI is InChI=1S/C16H30N2O2/c1-12(2)8-13(6-7-19)9-17-16(20)18-10-14-4-3-5-15(14)11-18/h12-15,19H,3-11H2,1-2H3,(H,17,20). The van der Waals surface area contributed by atoms with E-state index in [9.17, 15) is 4.79 Å². The number of aliphatic hydroxyl groups is 1. The number of nitrogens with one attached hydrogen (secondary N) is 1. The van der Waals surface area contributed by atoms with Gasteiger partial charge in [0.25, 0.3) is 0 Å². The number of aliphatic hydroxyl groups excluding tert-OH is 1. The van der Waals surface area contributed by atoms with Gasteiger partial charge in [0.1, 0.15) is 0 Å². The molecule has 3 unspecified atom stereocenters. The van der Waals surface area contributed by atoms with E-state index < -0.39 is 0 Å². The van der Waals surface area contributed by atoms with Gasteiger partial charge in [-0.3, -0.25) is 0 Å². The van der Waals surface area contributed by atoms with Crippen molar-refractivity contribution in [1.29, 1.82) is 0 Å². The molecule has 0 radical (unpaired) electrons. The van der Waals surface area contributed by atoms with Crippen LogP contribution in [0.15, 0.2) is 0 Å². The number of likely N-dealkylation sites (tertiary alicyclic amines) is 1. The van der Waals surface area contributed by atoms with Crippen molar-refractivity contribution in [1.82, 2.24) is 10.2 Å². The number of fused-ring (bicyclic) bond motifs is 1.